The van der Waals surface area contributed by atoms with Crippen LogP contribution in [0.2, 0.25) is 0 Å². The molecule has 2 N–H and O–H groups in total. The maximum Gasteiger partial charge on any atom is 0.328 e. The van der Waals surface area contributed by atoms with Crippen LogP contribution in [0.3, 0.4) is 0 Å². The Morgan fingerprint density at radius 2 is 1.60 bits per heavy atom. The van der Waals surface area contributed by atoms with Crippen molar-refractivity contribution in [2.24, 2.45) is 11.8 Å². The van der Waals surface area contributed by atoms with Crippen LogP contribution < -0.4 is 10.1 Å². The van der Waals surface area contributed by atoms with Crippen molar-refractivity contribution in [2.75, 3.05) is 47.4 Å². The number of hydrogen-bond acceptors (Lipinski definition) is 8. The number of aliphatic hydroxyl groups is 1. The van der Waals surface area contributed by atoms with Gasteiger partial charge in [0.2, 0.25) is 21.8 Å². The summed E-state index contributed by atoms with van der Waals surface area (Å²) in [5, 5.41) is 14.5. The smallest absolute Gasteiger partial charge is 0.328 e. The van der Waals surface area contributed by atoms with E-state index in [9.17, 15) is 32.7 Å². The molecule has 0 radical (unpaired) electrons. The number of nitrogens with zero attached hydrogens (tertiary/aromatic N) is 4. The molecule has 1 fully saturated rings. The zero-order valence-electron chi connectivity index (χ0n) is 28.1. The maximum absolute atomic E-state index is 13.9. The standard InChI is InChI=1S/C33H47N5O8S/c1-22(2)18-36(47(44,45)26-15-13-25(46-7)14-16-26)19-28(39)27(17-24-11-9-8-10-12-24)34-32(42)31(23(3)4)38-21-30(41)37(33(38)43)20-29(40)35(5)6/h8-16,22-23,27-28,31,39H,17-21H2,1-7H3,(H,34,42)/t27-,28-,31-/m0/s1. The molecule has 0 unspecified atom stereocenters. The number of ether oxygens (including phenoxy) is 1. The molecule has 0 aromatic heterocycles. The van der Waals surface area contributed by atoms with E-state index in [1.54, 1.807) is 26.0 Å². The number of nitrogens with one attached hydrogen (secondary N) is 1. The Morgan fingerprint density at radius 1 is 0.979 bits per heavy atom. The van der Waals surface area contributed by atoms with Gasteiger partial charge in [-0.3, -0.25) is 19.3 Å². The zero-order chi connectivity index (χ0) is 35.1. The van der Waals surface area contributed by atoms with Crippen LogP contribution in [-0.4, -0.2) is 122 Å². The summed E-state index contributed by atoms with van der Waals surface area (Å²) in [6.07, 6.45) is -1.20. The first-order valence-corrected chi connectivity index (χ1v) is 17.0. The number of amides is 5. The minimum atomic E-state index is -4.05. The van der Waals surface area contributed by atoms with Gasteiger partial charge in [0.1, 0.15) is 24.9 Å². The summed E-state index contributed by atoms with van der Waals surface area (Å²) in [6.45, 7) is 6.14. The fourth-order valence-electron chi connectivity index (χ4n) is 5.34. The Morgan fingerprint density at radius 3 is 2.13 bits per heavy atom. The van der Waals surface area contributed by atoms with E-state index in [4.69, 9.17) is 4.74 Å². The molecule has 0 bridgehead atoms. The molecule has 0 saturated carbocycles. The van der Waals surface area contributed by atoms with Gasteiger partial charge in [0, 0.05) is 27.2 Å². The molecule has 1 aliphatic rings. The van der Waals surface area contributed by atoms with Crippen LogP contribution in [0.15, 0.2) is 59.5 Å². The Labute approximate surface area is 277 Å². The molecule has 47 heavy (non-hydrogen) atoms. The summed E-state index contributed by atoms with van der Waals surface area (Å²) >= 11 is 0. The van der Waals surface area contributed by atoms with Crippen LogP contribution in [0, 0.1) is 11.8 Å². The number of likely N-dealkylation sites (N-methyl/N-ethyl adjacent to an activating group) is 1. The SMILES string of the molecule is COc1ccc(S(=O)(=O)N(CC(C)C)C[C@H](O)[C@H](Cc2ccccc2)NC(=O)[C@H](C(C)C)N2CC(=O)N(CC(=O)N(C)C)C2=O)cc1. The third kappa shape index (κ3) is 9.52. The fourth-order valence-corrected chi connectivity index (χ4v) is 6.97. The van der Waals surface area contributed by atoms with Gasteiger partial charge in [-0.2, -0.15) is 4.31 Å². The van der Waals surface area contributed by atoms with Crippen molar-refractivity contribution in [3.63, 3.8) is 0 Å². The van der Waals surface area contributed by atoms with Crippen molar-refractivity contribution in [3.8, 4) is 5.75 Å². The zero-order valence-corrected chi connectivity index (χ0v) is 28.9. The molecule has 13 nitrogen and oxygen atoms in total. The van der Waals surface area contributed by atoms with E-state index in [0.29, 0.717) is 5.75 Å². The van der Waals surface area contributed by atoms with Gasteiger partial charge in [0.15, 0.2) is 0 Å². The van der Waals surface area contributed by atoms with Crippen molar-refractivity contribution >= 4 is 33.8 Å². The number of carbonyl (C=O) groups excluding carboxylic acids is 4. The number of benzene rings is 2. The van der Waals surface area contributed by atoms with Crippen LogP contribution in [0.4, 0.5) is 4.79 Å². The lowest BCUT2D eigenvalue weighted by Crippen LogP contribution is -2.57. The second-order valence-corrected chi connectivity index (χ2v) is 14.6. The summed E-state index contributed by atoms with van der Waals surface area (Å²) in [5.41, 5.74) is 0.784. The summed E-state index contributed by atoms with van der Waals surface area (Å²) in [6, 6.07) is 12.3. The van der Waals surface area contributed by atoms with Gasteiger partial charge in [0.05, 0.1) is 24.2 Å². The van der Waals surface area contributed by atoms with E-state index >= 15 is 0 Å². The van der Waals surface area contributed by atoms with E-state index in [2.05, 4.69) is 5.32 Å². The average molecular weight is 674 g/mol. The lowest BCUT2D eigenvalue weighted by atomic mass is 9.97. The third-order valence-corrected chi connectivity index (χ3v) is 9.70. The van der Waals surface area contributed by atoms with Crippen molar-refractivity contribution in [3.05, 3.63) is 60.2 Å². The van der Waals surface area contributed by atoms with Gasteiger partial charge in [-0.15, -0.1) is 0 Å². The Hall–Kier alpha value is -4.01. The number of aliphatic hydroxyl groups excluding tert-OH is 1. The van der Waals surface area contributed by atoms with Crippen LogP contribution in [0.5, 0.6) is 5.75 Å². The number of carbonyl (C=O) groups is 4. The third-order valence-electron chi connectivity index (χ3n) is 7.86. The lowest BCUT2D eigenvalue weighted by Gasteiger charge is -2.34. The Kier molecular flexibility index (Phi) is 12.9. The van der Waals surface area contributed by atoms with Gasteiger partial charge in [-0.25, -0.2) is 13.2 Å². The molecule has 0 spiro atoms. The highest BCUT2D eigenvalue weighted by Gasteiger charge is 2.45. The normalized spacial score (nSPS) is 15.7. The van der Waals surface area contributed by atoms with E-state index in [0.717, 1.165) is 15.4 Å². The van der Waals surface area contributed by atoms with Crippen LogP contribution in [0.1, 0.15) is 33.3 Å². The maximum atomic E-state index is 13.9. The highest BCUT2D eigenvalue weighted by atomic mass is 32.2. The second kappa shape index (κ2) is 16.2. The predicted octanol–water partition coefficient (Wildman–Crippen LogP) is 1.81. The number of urea groups is 1. The van der Waals surface area contributed by atoms with E-state index in [1.807, 2.05) is 44.2 Å². The topological polar surface area (TPSA) is 157 Å². The minimum Gasteiger partial charge on any atom is -0.497 e. The van der Waals surface area contributed by atoms with Crippen molar-refractivity contribution in [2.45, 2.75) is 57.2 Å². The summed E-state index contributed by atoms with van der Waals surface area (Å²) in [5.74, 6) is -1.69. The van der Waals surface area contributed by atoms with E-state index in [1.165, 1.54) is 42.5 Å². The number of hydrogen-bond donors (Lipinski definition) is 2. The molecule has 3 atom stereocenters. The molecule has 3 rings (SSSR count). The number of rotatable bonds is 16. The Bertz CT molecular complexity index is 1500. The highest BCUT2D eigenvalue weighted by molar-refractivity contribution is 7.89. The van der Waals surface area contributed by atoms with Gasteiger partial charge >= 0.3 is 6.03 Å². The monoisotopic (exact) mass is 673 g/mol. The molecule has 1 saturated heterocycles. The lowest BCUT2D eigenvalue weighted by molar-refractivity contribution is -0.134. The molecular formula is C33H47N5O8S. The fraction of sp³-hybridized carbons (Fsp3) is 0.515. The summed E-state index contributed by atoms with van der Waals surface area (Å²) in [7, 11) is 0.455. The molecule has 2 aromatic rings. The van der Waals surface area contributed by atoms with Gasteiger partial charge in [0.25, 0.3) is 5.91 Å². The summed E-state index contributed by atoms with van der Waals surface area (Å²) in [4.78, 5) is 55.6. The molecule has 0 aliphatic carbocycles. The van der Waals surface area contributed by atoms with Crippen LogP contribution >= 0.6 is 0 Å². The predicted molar refractivity (Wildman–Crippen MR) is 176 cm³/mol. The molecule has 1 heterocycles. The van der Waals surface area contributed by atoms with Crippen molar-refractivity contribution < 1.29 is 37.4 Å². The van der Waals surface area contributed by atoms with E-state index < -0.39 is 64.4 Å². The van der Waals surface area contributed by atoms with Gasteiger partial charge in [-0.05, 0) is 48.1 Å². The van der Waals surface area contributed by atoms with Crippen molar-refractivity contribution in [1.29, 1.82) is 0 Å². The molecular weight excluding hydrogens is 626 g/mol. The van der Waals surface area contributed by atoms with Crippen molar-refractivity contribution in [1.82, 2.24) is 24.3 Å². The van der Waals surface area contributed by atoms with Gasteiger partial charge in [-0.1, -0.05) is 58.0 Å². The molecule has 1 aliphatic heterocycles. The largest absolute Gasteiger partial charge is 0.497 e. The average Bonchev–Trinajstić information content (AvgIpc) is 3.28. The number of sulfonamides is 1. The first-order valence-electron chi connectivity index (χ1n) is 15.5. The number of methoxy groups -OCH3 is 1. The van der Waals surface area contributed by atoms with Gasteiger partial charge < -0.3 is 25.0 Å². The first kappa shape index (κ1) is 37.4. The first-order chi connectivity index (χ1) is 22.1. The highest BCUT2D eigenvalue weighted by Crippen LogP contribution is 2.23. The minimum absolute atomic E-state index is 0.0317. The summed E-state index contributed by atoms with van der Waals surface area (Å²) < 4.78 is 33.9. The number of imide groups is 1. The second-order valence-electron chi connectivity index (χ2n) is 12.6. The van der Waals surface area contributed by atoms with Crippen LogP contribution in [-0.2, 0) is 30.8 Å². The molecule has 5 amide bonds. The molecule has 2 aromatic carbocycles. The van der Waals surface area contributed by atoms with Crippen LogP contribution in [0.25, 0.3) is 0 Å². The quantitative estimate of drug-likeness (QED) is 0.256. The molecule has 14 heteroatoms. The Balaban J connectivity index is 1.91. The van der Waals surface area contributed by atoms with E-state index in [-0.39, 0.29) is 36.9 Å². The molecule has 258 valence electrons.